The summed E-state index contributed by atoms with van der Waals surface area (Å²) >= 11 is 1.82. The Kier molecular flexibility index (Phi) is 5.50. The molecule has 0 radical (unpaired) electrons. The molecule has 4 nitrogen and oxygen atoms in total. The van der Waals surface area contributed by atoms with Crippen molar-refractivity contribution < 1.29 is 4.79 Å². The molecule has 1 aliphatic heterocycles. The maximum atomic E-state index is 12.4. The topological polar surface area (TPSA) is 45.2 Å². The van der Waals surface area contributed by atoms with Gasteiger partial charge in [0.05, 0.1) is 27.8 Å². The second kappa shape index (κ2) is 8.19. The van der Waals surface area contributed by atoms with E-state index in [2.05, 4.69) is 40.5 Å². The highest BCUT2D eigenvalue weighted by molar-refractivity contribution is 7.18. The Hall–Kier alpha value is -2.24. The third-order valence-electron chi connectivity index (χ3n) is 5.29. The van der Waals surface area contributed by atoms with E-state index in [4.69, 9.17) is 4.98 Å². The van der Waals surface area contributed by atoms with Crippen molar-refractivity contribution in [2.75, 3.05) is 19.6 Å². The zero-order chi connectivity index (χ0) is 18.6. The quantitative estimate of drug-likeness (QED) is 0.717. The molecule has 2 aromatic carbocycles. The van der Waals surface area contributed by atoms with Gasteiger partial charge < -0.3 is 5.32 Å². The predicted octanol–water partition coefficient (Wildman–Crippen LogP) is 4.35. The molecule has 1 saturated heterocycles. The van der Waals surface area contributed by atoms with E-state index in [0.717, 1.165) is 37.0 Å². The molecule has 1 aromatic heterocycles. The summed E-state index contributed by atoms with van der Waals surface area (Å²) in [6.07, 6.45) is 2.14. The minimum Gasteiger partial charge on any atom is -0.348 e. The van der Waals surface area contributed by atoms with E-state index >= 15 is 0 Å². The van der Waals surface area contributed by atoms with Gasteiger partial charge in [0.15, 0.2) is 0 Å². The zero-order valence-electron chi connectivity index (χ0n) is 15.6. The number of thiazole rings is 1. The first-order valence-electron chi connectivity index (χ1n) is 9.61. The summed E-state index contributed by atoms with van der Waals surface area (Å²) in [5.41, 5.74) is 2.25. The first-order valence-corrected chi connectivity index (χ1v) is 10.4. The molecule has 1 atom stereocenters. The minimum absolute atomic E-state index is 0.0407. The fourth-order valence-electron chi connectivity index (χ4n) is 3.72. The highest BCUT2D eigenvalue weighted by Crippen LogP contribution is 2.33. The number of hydrogen-bond acceptors (Lipinski definition) is 4. The van der Waals surface area contributed by atoms with Crippen molar-refractivity contribution in [3.05, 3.63) is 65.2 Å². The molecular weight excluding hydrogens is 354 g/mol. The van der Waals surface area contributed by atoms with Crippen LogP contribution >= 0.6 is 11.3 Å². The maximum Gasteiger partial charge on any atom is 0.234 e. The number of aromatic nitrogens is 1. The number of nitrogens with one attached hydrogen (secondary N) is 1. The Morgan fingerprint density at radius 1 is 1.15 bits per heavy atom. The van der Waals surface area contributed by atoms with Crippen LogP contribution in [0.15, 0.2) is 54.6 Å². The number of rotatable bonds is 5. The van der Waals surface area contributed by atoms with Crippen molar-refractivity contribution in [1.82, 2.24) is 15.2 Å². The Morgan fingerprint density at radius 2 is 1.85 bits per heavy atom. The van der Waals surface area contributed by atoms with Gasteiger partial charge in [-0.2, -0.15) is 0 Å². The van der Waals surface area contributed by atoms with Gasteiger partial charge in [-0.15, -0.1) is 11.3 Å². The van der Waals surface area contributed by atoms with Crippen LogP contribution in [-0.2, 0) is 4.79 Å². The third-order valence-corrected chi connectivity index (χ3v) is 6.49. The molecule has 0 saturated carbocycles. The molecule has 1 aliphatic rings. The third kappa shape index (κ3) is 4.37. The largest absolute Gasteiger partial charge is 0.348 e. The van der Waals surface area contributed by atoms with Crippen molar-refractivity contribution in [3.8, 4) is 0 Å². The SMILES string of the molecule is C[C@H](NC(=O)CN1CCC(c2nc3ccccc3s2)CC1)c1ccccc1. The first kappa shape index (κ1) is 18.1. The lowest BCUT2D eigenvalue weighted by Gasteiger charge is -2.30. The molecule has 0 aliphatic carbocycles. The van der Waals surface area contributed by atoms with Crippen LogP contribution in [0.4, 0.5) is 0 Å². The molecule has 0 spiro atoms. The minimum atomic E-state index is 0.0407. The molecule has 1 N–H and O–H groups in total. The van der Waals surface area contributed by atoms with Crippen LogP contribution in [0.25, 0.3) is 10.2 Å². The average molecular weight is 380 g/mol. The molecule has 4 rings (SSSR count). The van der Waals surface area contributed by atoms with E-state index in [-0.39, 0.29) is 11.9 Å². The first-order chi connectivity index (χ1) is 13.2. The lowest BCUT2D eigenvalue weighted by Crippen LogP contribution is -2.41. The molecule has 27 heavy (non-hydrogen) atoms. The van der Waals surface area contributed by atoms with Gasteiger partial charge >= 0.3 is 0 Å². The second-order valence-electron chi connectivity index (χ2n) is 7.27. The number of likely N-dealkylation sites (tertiary alicyclic amines) is 1. The van der Waals surface area contributed by atoms with E-state index in [0.29, 0.717) is 12.5 Å². The molecule has 3 aromatic rings. The number of nitrogens with zero attached hydrogens (tertiary/aromatic N) is 2. The van der Waals surface area contributed by atoms with Gasteiger partial charge in [0, 0.05) is 5.92 Å². The second-order valence-corrected chi connectivity index (χ2v) is 8.33. The molecule has 2 heterocycles. The summed E-state index contributed by atoms with van der Waals surface area (Å²) in [6, 6.07) is 18.5. The number of para-hydroxylation sites is 1. The summed E-state index contributed by atoms with van der Waals surface area (Å²) in [4.78, 5) is 19.5. The van der Waals surface area contributed by atoms with Gasteiger partial charge in [-0.05, 0) is 50.6 Å². The van der Waals surface area contributed by atoms with E-state index in [1.807, 2.05) is 42.5 Å². The molecule has 140 valence electrons. The number of piperidine rings is 1. The average Bonchev–Trinajstić information content (AvgIpc) is 3.13. The van der Waals surface area contributed by atoms with Crippen molar-refractivity contribution >= 4 is 27.5 Å². The van der Waals surface area contributed by atoms with E-state index in [1.165, 1.54) is 9.71 Å². The highest BCUT2D eigenvalue weighted by Gasteiger charge is 2.24. The summed E-state index contributed by atoms with van der Waals surface area (Å²) in [5.74, 6) is 0.620. The Labute approximate surface area is 164 Å². The van der Waals surface area contributed by atoms with E-state index in [9.17, 15) is 4.79 Å². The van der Waals surface area contributed by atoms with Gasteiger partial charge in [0.25, 0.3) is 0 Å². The smallest absolute Gasteiger partial charge is 0.234 e. The van der Waals surface area contributed by atoms with Crippen LogP contribution in [0.5, 0.6) is 0 Å². The molecule has 1 fully saturated rings. The van der Waals surface area contributed by atoms with Crippen molar-refractivity contribution in [2.45, 2.75) is 31.7 Å². The number of benzene rings is 2. The van der Waals surface area contributed by atoms with Crippen molar-refractivity contribution in [3.63, 3.8) is 0 Å². The van der Waals surface area contributed by atoms with Crippen molar-refractivity contribution in [1.29, 1.82) is 0 Å². The summed E-state index contributed by atoms with van der Waals surface area (Å²) < 4.78 is 1.27. The molecule has 1 amide bonds. The van der Waals surface area contributed by atoms with E-state index < -0.39 is 0 Å². The molecule has 0 bridgehead atoms. The fraction of sp³-hybridized carbons (Fsp3) is 0.364. The van der Waals surface area contributed by atoms with Crippen LogP contribution in [0, 0.1) is 0 Å². The van der Waals surface area contributed by atoms with Crippen LogP contribution in [0.2, 0.25) is 0 Å². The normalized spacial score (nSPS) is 17.1. The molecule has 5 heteroatoms. The summed E-state index contributed by atoms with van der Waals surface area (Å²) in [5, 5.41) is 4.36. The highest BCUT2D eigenvalue weighted by atomic mass is 32.1. The van der Waals surface area contributed by atoms with E-state index in [1.54, 1.807) is 0 Å². The number of fused-ring (bicyclic) bond motifs is 1. The van der Waals surface area contributed by atoms with Gasteiger partial charge in [0.1, 0.15) is 0 Å². The lowest BCUT2D eigenvalue weighted by molar-refractivity contribution is -0.123. The summed E-state index contributed by atoms with van der Waals surface area (Å²) in [6.45, 7) is 4.41. The Morgan fingerprint density at radius 3 is 2.59 bits per heavy atom. The number of amides is 1. The number of hydrogen-bond donors (Lipinski definition) is 1. The Balaban J connectivity index is 1.28. The number of carbonyl (C=O) groups is 1. The van der Waals surface area contributed by atoms with Crippen LogP contribution in [0.1, 0.15) is 42.3 Å². The maximum absolute atomic E-state index is 12.4. The predicted molar refractivity (Wildman–Crippen MR) is 111 cm³/mol. The zero-order valence-corrected chi connectivity index (χ0v) is 16.4. The summed E-state index contributed by atoms with van der Waals surface area (Å²) in [7, 11) is 0. The monoisotopic (exact) mass is 379 g/mol. The van der Waals surface area contributed by atoms with Gasteiger partial charge in [-0.25, -0.2) is 4.98 Å². The van der Waals surface area contributed by atoms with Gasteiger partial charge in [-0.3, -0.25) is 9.69 Å². The Bertz CT molecular complexity index is 867. The standard InChI is InChI=1S/C22H25N3OS/c1-16(17-7-3-2-4-8-17)23-21(26)15-25-13-11-18(12-14-25)22-24-19-9-5-6-10-20(19)27-22/h2-10,16,18H,11-15H2,1H3,(H,23,26)/t16-/m0/s1. The number of carbonyl (C=O) groups excluding carboxylic acids is 1. The van der Waals surface area contributed by atoms with Crippen LogP contribution < -0.4 is 5.32 Å². The fourth-order valence-corrected chi connectivity index (χ4v) is 4.85. The van der Waals surface area contributed by atoms with Crippen LogP contribution in [0.3, 0.4) is 0 Å². The van der Waals surface area contributed by atoms with Gasteiger partial charge in [-0.1, -0.05) is 42.5 Å². The van der Waals surface area contributed by atoms with Crippen LogP contribution in [-0.4, -0.2) is 35.4 Å². The molecular formula is C22H25N3OS. The van der Waals surface area contributed by atoms with Gasteiger partial charge in [0.2, 0.25) is 5.91 Å². The van der Waals surface area contributed by atoms with Crippen molar-refractivity contribution in [2.24, 2.45) is 0 Å². The lowest BCUT2D eigenvalue weighted by atomic mass is 9.97. The molecule has 0 unspecified atom stereocenters.